The molecule has 0 unspecified atom stereocenters. The van der Waals surface area contributed by atoms with Gasteiger partial charge in [-0.15, -0.1) is 49.6 Å². The summed E-state index contributed by atoms with van der Waals surface area (Å²) in [7, 11) is 0. The normalized spacial score (nSPS) is 18.0. The molecule has 2 atom stereocenters. The molecular weight excluding hydrogens is 378 g/mol. The Morgan fingerprint density at radius 3 is 1.30 bits per heavy atom. The van der Waals surface area contributed by atoms with Crippen LogP contribution in [0.3, 0.4) is 0 Å². The van der Waals surface area contributed by atoms with Crippen LogP contribution in [0.1, 0.15) is 33.1 Å². The molecule has 4 N–H and O–H groups in total. The molecule has 0 bridgehead atoms. The lowest BCUT2D eigenvalue weighted by Crippen LogP contribution is -2.26. The predicted octanol–water partition coefficient (Wildman–Crippen LogP) is 2.49. The third-order valence-corrected chi connectivity index (χ3v) is 3.80. The van der Waals surface area contributed by atoms with E-state index in [0.717, 1.165) is 51.1 Å². The van der Waals surface area contributed by atoms with E-state index in [1.807, 2.05) is 0 Å². The minimum Gasteiger partial charge on any atom is -0.317 e. The molecule has 1 aliphatic carbocycles. The van der Waals surface area contributed by atoms with Gasteiger partial charge in [-0.1, -0.05) is 13.8 Å². The Morgan fingerprint density at radius 1 is 0.609 bits per heavy atom. The van der Waals surface area contributed by atoms with Crippen molar-refractivity contribution >= 4 is 49.6 Å². The Labute approximate surface area is 168 Å². The van der Waals surface area contributed by atoms with Crippen LogP contribution in [0.15, 0.2) is 0 Å². The second-order valence-corrected chi connectivity index (χ2v) is 5.58. The van der Waals surface area contributed by atoms with Gasteiger partial charge in [0.15, 0.2) is 0 Å². The van der Waals surface area contributed by atoms with E-state index in [0.29, 0.717) is 0 Å². The van der Waals surface area contributed by atoms with E-state index >= 15 is 0 Å². The van der Waals surface area contributed by atoms with Gasteiger partial charge in [0.05, 0.1) is 0 Å². The summed E-state index contributed by atoms with van der Waals surface area (Å²) in [6.45, 7) is 13.5. The Morgan fingerprint density at radius 2 is 0.957 bits per heavy atom. The van der Waals surface area contributed by atoms with Crippen LogP contribution in [0, 0.1) is 11.8 Å². The zero-order chi connectivity index (χ0) is 13.8. The van der Waals surface area contributed by atoms with Crippen LogP contribution in [0.4, 0.5) is 0 Å². The molecule has 23 heavy (non-hydrogen) atoms. The molecule has 0 saturated heterocycles. The average molecular weight is 416 g/mol. The highest BCUT2D eigenvalue weighted by Gasteiger charge is 2.35. The molecule has 1 fully saturated rings. The highest BCUT2D eigenvalue weighted by molar-refractivity contribution is 5.86. The average Bonchev–Trinajstić information content (AvgIpc) is 3.16. The van der Waals surface area contributed by atoms with Crippen LogP contribution in [-0.4, -0.2) is 52.4 Å². The second-order valence-electron chi connectivity index (χ2n) is 5.58. The second kappa shape index (κ2) is 23.0. The van der Waals surface area contributed by atoms with Gasteiger partial charge >= 0.3 is 0 Å². The van der Waals surface area contributed by atoms with E-state index in [1.165, 1.54) is 32.4 Å². The summed E-state index contributed by atoms with van der Waals surface area (Å²) in [5.74, 6) is 1.86. The van der Waals surface area contributed by atoms with Crippen molar-refractivity contribution in [2.75, 3.05) is 52.4 Å². The fourth-order valence-electron chi connectivity index (χ4n) is 2.42. The highest BCUT2D eigenvalue weighted by Crippen LogP contribution is 2.36. The molecule has 0 amide bonds. The lowest BCUT2D eigenvalue weighted by atomic mass is 10.3. The van der Waals surface area contributed by atoms with Gasteiger partial charge in [-0.2, -0.15) is 0 Å². The maximum Gasteiger partial charge on any atom is -0.00173 e. The van der Waals surface area contributed by atoms with Crippen molar-refractivity contribution < 1.29 is 0 Å². The smallest absolute Gasteiger partial charge is 0.00173 e. The molecule has 0 aromatic heterocycles. The fraction of sp³-hybridized carbons (Fsp3) is 1.00. The standard InChI is InChI=1S/C15H34N4.4ClH/c1-3-16-7-5-9-18-12-14-11-15(14)13-19-10-6-8-17-4-2;;;;/h14-19H,3-13H2,1-2H3;4*1H/t14-,15-;;;;/m0..../s1. The van der Waals surface area contributed by atoms with Crippen LogP contribution in [0.2, 0.25) is 0 Å². The van der Waals surface area contributed by atoms with Crippen molar-refractivity contribution in [1.29, 1.82) is 0 Å². The number of hydrogen-bond donors (Lipinski definition) is 4. The van der Waals surface area contributed by atoms with Crippen LogP contribution < -0.4 is 21.3 Å². The quantitative estimate of drug-likeness (QED) is 0.329. The summed E-state index contributed by atoms with van der Waals surface area (Å²) < 4.78 is 0. The largest absolute Gasteiger partial charge is 0.317 e. The molecule has 0 radical (unpaired) electrons. The van der Waals surface area contributed by atoms with Crippen LogP contribution in [0.25, 0.3) is 0 Å². The van der Waals surface area contributed by atoms with Crippen molar-refractivity contribution in [1.82, 2.24) is 21.3 Å². The molecule has 4 nitrogen and oxygen atoms in total. The van der Waals surface area contributed by atoms with Gasteiger partial charge in [0, 0.05) is 0 Å². The van der Waals surface area contributed by atoms with E-state index in [4.69, 9.17) is 0 Å². The first-order chi connectivity index (χ1) is 9.38. The van der Waals surface area contributed by atoms with Gasteiger partial charge in [-0.05, 0) is 83.5 Å². The third-order valence-electron chi connectivity index (χ3n) is 3.80. The van der Waals surface area contributed by atoms with E-state index in [2.05, 4.69) is 35.1 Å². The molecule has 0 aliphatic heterocycles. The van der Waals surface area contributed by atoms with Crippen LogP contribution in [0.5, 0.6) is 0 Å². The number of hydrogen-bond acceptors (Lipinski definition) is 4. The summed E-state index contributed by atoms with van der Waals surface area (Å²) in [6.07, 6.45) is 3.90. The molecule has 1 rings (SSSR count). The van der Waals surface area contributed by atoms with Crippen molar-refractivity contribution in [3.05, 3.63) is 0 Å². The molecule has 0 spiro atoms. The molecule has 0 aromatic rings. The summed E-state index contributed by atoms with van der Waals surface area (Å²) in [5, 5.41) is 13.9. The number of nitrogens with one attached hydrogen (secondary N) is 4. The molecule has 8 heteroatoms. The predicted molar refractivity (Wildman–Crippen MR) is 113 cm³/mol. The Hall–Kier alpha value is 1.00. The minimum atomic E-state index is 0. The maximum absolute atomic E-state index is 3.58. The summed E-state index contributed by atoms with van der Waals surface area (Å²) in [6, 6.07) is 0. The van der Waals surface area contributed by atoms with E-state index in [9.17, 15) is 0 Å². The zero-order valence-corrected chi connectivity index (χ0v) is 17.8. The zero-order valence-electron chi connectivity index (χ0n) is 14.6. The number of rotatable bonds is 14. The van der Waals surface area contributed by atoms with Crippen molar-refractivity contribution in [3.8, 4) is 0 Å². The van der Waals surface area contributed by atoms with Gasteiger partial charge in [-0.25, -0.2) is 0 Å². The van der Waals surface area contributed by atoms with Gasteiger partial charge in [-0.3, -0.25) is 0 Å². The first-order valence-electron chi connectivity index (χ1n) is 8.21. The van der Waals surface area contributed by atoms with Gasteiger partial charge in [0.1, 0.15) is 0 Å². The highest BCUT2D eigenvalue weighted by atomic mass is 35.5. The minimum absolute atomic E-state index is 0. The number of halogens is 4. The van der Waals surface area contributed by atoms with Crippen LogP contribution >= 0.6 is 49.6 Å². The Balaban J connectivity index is -0.000000451. The van der Waals surface area contributed by atoms with Gasteiger partial charge < -0.3 is 21.3 Å². The van der Waals surface area contributed by atoms with Gasteiger partial charge in [0.2, 0.25) is 0 Å². The molecule has 0 heterocycles. The Kier molecular flexibility index (Phi) is 31.7. The molecule has 1 aliphatic rings. The van der Waals surface area contributed by atoms with E-state index in [-0.39, 0.29) is 49.6 Å². The molecule has 146 valence electrons. The summed E-state index contributed by atoms with van der Waals surface area (Å²) in [5.41, 5.74) is 0. The first kappa shape index (κ1) is 31.7. The summed E-state index contributed by atoms with van der Waals surface area (Å²) >= 11 is 0. The monoisotopic (exact) mass is 414 g/mol. The topological polar surface area (TPSA) is 48.1 Å². The Bertz CT molecular complexity index is 194. The van der Waals surface area contributed by atoms with Crippen molar-refractivity contribution in [3.63, 3.8) is 0 Å². The summed E-state index contributed by atoms with van der Waals surface area (Å²) in [4.78, 5) is 0. The van der Waals surface area contributed by atoms with Crippen molar-refractivity contribution in [2.45, 2.75) is 33.1 Å². The lowest BCUT2D eigenvalue weighted by Gasteiger charge is -2.06. The lowest BCUT2D eigenvalue weighted by molar-refractivity contribution is 0.537. The SMILES string of the molecule is CCNCCCNC[C@@H]1C[C@H]1CNCCCNCC.Cl.Cl.Cl.Cl. The van der Waals surface area contributed by atoms with Crippen molar-refractivity contribution in [2.24, 2.45) is 11.8 Å². The van der Waals surface area contributed by atoms with Crippen LogP contribution in [-0.2, 0) is 0 Å². The fourth-order valence-corrected chi connectivity index (χ4v) is 2.42. The maximum atomic E-state index is 3.58. The first-order valence-corrected chi connectivity index (χ1v) is 8.21. The third kappa shape index (κ3) is 19.2. The van der Waals surface area contributed by atoms with E-state index < -0.39 is 0 Å². The molecule has 0 aromatic carbocycles. The molecule has 1 saturated carbocycles. The van der Waals surface area contributed by atoms with E-state index in [1.54, 1.807) is 0 Å². The van der Waals surface area contributed by atoms with Gasteiger partial charge in [0.25, 0.3) is 0 Å². The molecular formula is C15H38Cl4N4.